The minimum atomic E-state index is 0.578. The summed E-state index contributed by atoms with van der Waals surface area (Å²) >= 11 is 0. The number of allylic oxidation sites excluding steroid dienone is 8. The maximum Gasteiger partial charge on any atom is 0.0969 e. The lowest BCUT2D eigenvalue weighted by Gasteiger charge is -2.11. The van der Waals surface area contributed by atoms with Crippen molar-refractivity contribution in [3.63, 3.8) is 0 Å². The van der Waals surface area contributed by atoms with Crippen LogP contribution in [0.2, 0.25) is 0 Å². The Morgan fingerprint density at radius 1 is 1.19 bits per heavy atom. The molecule has 0 heterocycles. The molecule has 0 aliphatic rings. The van der Waals surface area contributed by atoms with Crippen LogP contribution in [0.3, 0.4) is 0 Å². The molecule has 0 fully saturated rings. The van der Waals surface area contributed by atoms with E-state index < -0.39 is 0 Å². The van der Waals surface area contributed by atoms with Gasteiger partial charge in [0.1, 0.15) is 0 Å². The monoisotopic (exact) mass is 287 g/mol. The van der Waals surface area contributed by atoms with Gasteiger partial charge in [0.25, 0.3) is 0 Å². The molecule has 0 spiro atoms. The van der Waals surface area contributed by atoms with Crippen molar-refractivity contribution in [3.05, 3.63) is 46.7 Å². The van der Waals surface area contributed by atoms with Crippen LogP contribution in [0.25, 0.3) is 0 Å². The molecule has 0 atom stereocenters. The first-order valence-electron chi connectivity index (χ1n) is 7.35. The van der Waals surface area contributed by atoms with E-state index in [9.17, 15) is 0 Å². The first-order chi connectivity index (χ1) is 9.87. The predicted octanol–water partition coefficient (Wildman–Crippen LogP) is 4.80. The molecule has 0 saturated heterocycles. The third-order valence-electron chi connectivity index (χ3n) is 3.20. The second-order valence-electron chi connectivity index (χ2n) is 4.98. The SMILES string of the molecule is C\C=C(C(C)=N)/C(/C=C/CC)=C/C(C)=C(\C)NC(C)=NC. The van der Waals surface area contributed by atoms with Crippen LogP contribution >= 0.6 is 0 Å². The molecule has 0 amide bonds. The summed E-state index contributed by atoms with van der Waals surface area (Å²) in [6, 6.07) is 0. The lowest BCUT2D eigenvalue weighted by Crippen LogP contribution is -2.18. The highest BCUT2D eigenvalue weighted by atomic mass is 15.0. The summed E-state index contributed by atoms with van der Waals surface area (Å²) in [6.07, 6.45) is 9.29. The van der Waals surface area contributed by atoms with Crippen molar-refractivity contribution >= 4 is 11.5 Å². The molecule has 0 bridgehead atoms. The van der Waals surface area contributed by atoms with E-state index >= 15 is 0 Å². The van der Waals surface area contributed by atoms with Gasteiger partial charge in [0.15, 0.2) is 0 Å². The zero-order valence-corrected chi connectivity index (χ0v) is 14.5. The summed E-state index contributed by atoms with van der Waals surface area (Å²) in [4.78, 5) is 4.11. The van der Waals surface area contributed by atoms with Gasteiger partial charge >= 0.3 is 0 Å². The van der Waals surface area contributed by atoms with Gasteiger partial charge in [-0.3, -0.25) is 4.99 Å². The third kappa shape index (κ3) is 6.89. The van der Waals surface area contributed by atoms with Crippen LogP contribution in [0, 0.1) is 5.41 Å². The lowest BCUT2D eigenvalue weighted by molar-refractivity contribution is 1.06. The quantitative estimate of drug-likeness (QED) is 0.411. The smallest absolute Gasteiger partial charge is 0.0969 e. The predicted molar refractivity (Wildman–Crippen MR) is 95.2 cm³/mol. The van der Waals surface area contributed by atoms with Crippen molar-refractivity contribution in [1.29, 1.82) is 5.41 Å². The van der Waals surface area contributed by atoms with Crippen LogP contribution in [-0.2, 0) is 0 Å². The van der Waals surface area contributed by atoms with Crippen LogP contribution in [0.15, 0.2) is 51.7 Å². The topological polar surface area (TPSA) is 48.2 Å². The molecule has 0 aliphatic carbocycles. The van der Waals surface area contributed by atoms with Crippen molar-refractivity contribution in [3.8, 4) is 0 Å². The average molecular weight is 287 g/mol. The molecule has 0 radical (unpaired) electrons. The Bertz CT molecular complexity index is 515. The Labute approximate surface area is 129 Å². The molecule has 0 unspecified atom stereocenters. The van der Waals surface area contributed by atoms with Gasteiger partial charge < -0.3 is 10.7 Å². The standard InChI is InChI=1S/C18H29N3/c1-8-10-11-17(18(9-2)14(4)19)12-13(3)15(5)21-16(6)20-7/h9-12,19H,8H2,1-7H3,(H,20,21)/b11-10+,15-13+,17-12+,18-9-,19-14?. The second kappa shape index (κ2) is 9.92. The van der Waals surface area contributed by atoms with Crippen LogP contribution in [0.1, 0.15) is 48.0 Å². The second-order valence-corrected chi connectivity index (χ2v) is 4.98. The highest BCUT2D eigenvalue weighted by Gasteiger charge is 2.05. The largest absolute Gasteiger partial charge is 0.348 e. The molecule has 3 nitrogen and oxygen atoms in total. The molecule has 2 N–H and O–H groups in total. The number of nitrogens with zero attached hydrogens (tertiary/aromatic N) is 1. The number of rotatable bonds is 6. The summed E-state index contributed by atoms with van der Waals surface area (Å²) in [5.74, 6) is 0.889. The average Bonchev–Trinajstić information content (AvgIpc) is 2.44. The van der Waals surface area contributed by atoms with Crippen LogP contribution in [0.5, 0.6) is 0 Å². The summed E-state index contributed by atoms with van der Waals surface area (Å²) in [7, 11) is 1.77. The zero-order chi connectivity index (χ0) is 16.4. The Hall–Kier alpha value is -1.90. The number of amidine groups is 1. The number of aliphatic imine (C=N–C) groups is 1. The molecule has 21 heavy (non-hydrogen) atoms. The van der Waals surface area contributed by atoms with Gasteiger partial charge in [-0.05, 0) is 63.8 Å². The summed E-state index contributed by atoms with van der Waals surface area (Å²) in [6.45, 7) is 11.9. The number of hydrogen-bond acceptors (Lipinski definition) is 2. The molecule has 116 valence electrons. The van der Waals surface area contributed by atoms with Gasteiger partial charge in [0.2, 0.25) is 0 Å². The molecule has 3 heteroatoms. The van der Waals surface area contributed by atoms with Crippen LogP contribution in [0.4, 0.5) is 0 Å². The van der Waals surface area contributed by atoms with E-state index in [2.05, 4.69) is 42.4 Å². The Kier molecular flexibility index (Phi) is 9.02. The summed E-state index contributed by atoms with van der Waals surface area (Å²) in [5.41, 5.74) is 4.81. The Balaban J connectivity index is 5.67. The van der Waals surface area contributed by atoms with Crippen molar-refractivity contribution in [1.82, 2.24) is 5.32 Å². The highest BCUT2D eigenvalue weighted by Crippen LogP contribution is 2.17. The molecule has 0 rings (SSSR count). The van der Waals surface area contributed by atoms with E-state index in [1.54, 1.807) is 7.05 Å². The molecule has 0 aliphatic heterocycles. The van der Waals surface area contributed by atoms with Crippen molar-refractivity contribution in [2.75, 3.05) is 7.05 Å². The highest BCUT2D eigenvalue weighted by molar-refractivity contribution is 6.00. The fraction of sp³-hybridized carbons (Fsp3) is 0.444. The van der Waals surface area contributed by atoms with Gasteiger partial charge in [-0.15, -0.1) is 0 Å². The summed E-state index contributed by atoms with van der Waals surface area (Å²) < 4.78 is 0. The Morgan fingerprint density at radius 2 is 1.81 bits per heavy atom. The zero-order valence-electron chi connectivity index (χ0n) is 14.5. The van der Waals surface area contributed by atoms with Gasteiger partial charge in [-0.25, -0.2) is 0 Å². The molecule has 0 aromatic heterocycles. The lowest BCUT2D eigenvalue weighted by atomic mass is 9.98. The van der Waals surface area contributed by atoms with Gasteiger partial charge in [0.05, 0.1) is 5.84 Å². The Morgan fingerprint density at radius 3 is 2.24 bits per heavy atom. The molecule has 0 saturated carbocycles. The van der Waals surface area contributed by atoms with Gasteiger partial charge in [0, 0.05) is 18.5 Å². The fourth-order valence-corrected chi connectivity index (χ4v) is 1.83. The van der Waals surface area contributed by atoms with E-state index in [1.165, 1.54) is 0 Å². The fourth-order valence-electron chi connectivity index (χ4n) is 1.83. The van der Waals surface area contributed by atoms with E-state index in [1.807, 2.05) is 33.8 Å². The van der Waals surface area contributed by atoms with Crippen LogP contribution in [-0.4, -0.2) is 18.6 Å². The first-order valence-corrected chi connectivity index (χ1v) is 7.35. The molecular formula is C18H29N3. The van der Waals surface area contributed by atoms with E-state index in [0.29, 0.717) is 5.71 Å². The first kappa shape index (κ1) is 19.1. The number of hydrogen-bond donors (Lipinski definition) is 2. The minimum Gasteiger partial charge on any atom is -0.348 e. The van der Waals surface area contributed by atoms with Crippen LogP contribution < -0.4 is 5.32 Å². The summed E-state index contributed by atoms with van der Waals surface area (Å²) in [5, 5.41) is 11.2. The van der Waals surface area contributed by atoms with Gasteiger partial charge in [-0.1, -0.05) is 25.2 Å². The molecular weight excluding hydrogens is 258 g/mol. The molecule has 0 aromatic carbocycles. The molecule has 0 aromatic rings. The third-order valence-corrected chi connectivity index (χ3v) is 3.20. The maximum atomic E-state index is 7.92. The van der Waals surface area contributed by atoms with Crippen molar-refractivity contribution in [2.45, 2.75) is 48.0 Å². The van der Waals surface area contributed by atoms with E-state index in [4.69, 9.17) is 5.41 Å². The van der Waals surface area contributed by atoms with E-state index in [-0.39, 0.29) is 0 Å². The normalized spacial score (nSPS) is 15.3. The van der Waals surface area contributed by atoms with E-state index in [0.717, 1.165) is 34.7 Å². The minimum absolute atomic E-state index is 0.578. The van der Waals surface area contributed by atoms with Crippen molar-refractivity contribution in [2.24, 2.45) is 4.99 Å². The van der Waals surface area contributed by atoms with Gasteiger partial charge in [-0.2, -0.15) is 0 Å². The number of nitrogens with one attached hydrogen (secondary N) is 2. The van der Waals surface area contributed by atoms with Crippen molar-refractivity contribution < 1.29 is 0 Å². The maximum absolute atomic E-state index is 7.92.